The van der Waals surface area contributed by atoms with Crippen LogP contribution in [-0.2, 0) is 4.79 Å². The second-order valence-corrected chi connectivity index (χ2v) is 5.11. The predicted molar refractivity (Wildman–Crippen MR) is 66.9 cm³/mol. The van der Waals surface area contributed by atoms with Crippen LogP contribution in [0, 0.1) is 0 Å². The summed E-state index contributed by atoms with van der Waals surface area (Å²) in [7, 11) is 0. The SMILES string of the molecule is O=C1CC2(CCCCC2)Nc2ccncc2N1. The van der Waals surface area contributed by atoms with Crippen molar-refractivity contribution in [2.24, 2.45) is 0 Å². The Bertz CT molecular complexity index is 438. The van der Waals surface area contributed by atoms with Crippen molar-refractivity contribution >= 4 is 17.3 Å². The Morgan fingerprint density at radius 2 is 2.00 bits per heavy atom. The van der Waals surface area contributed by atoms with Crippen LogP contribution in [0.1, 0.15) is 38.5 Å². The van der Waals surface area contributed by atoms with E-state index in [0.717, 1.165) is 24.2 Å². The average molecular weight is 231 g/mol. The molecule has 1 amide bonds. The molecule has 0 unspecified atom stereocenters. The predicted octanol–water partition coefficient (Wildman–Crippen LogP) is 2.54. The number of nitrogens with one attached hydrogen (secondary N) is 2. The number of hydrogen-bond acceptors (Lipinski definition) is 3. The van der Waals surface area contributed by atoms with Crippen LogP contribution in [0.2, 0.25) is 0 Å². The number of carbonyl (C=O) groups is 1. The standard InChI is InChI=1S/C13H17N3O/c17-12-8-13(5-2-1-3-6-13)16-10-4-7-14-9-11(10)15-12/h4,7,9,16H,1-3,5-6,8H2,(H,15,17). The third kappa shape index (κ3) is 1.99. The quantitative estimate of drug-likeness (QED) is 0.721. The molecule has 3 rings (SSSR count). The Morgan fingerprint density at radius 3 is 2.82 bits per heavy atom. The minimum absolute atomic E-state index is 0.0328. The molecule has 0 saturated heterocycles. The summed E-state index contributed by atoms with van der Waals surface area (Å²) in [6, 6.07) is 1.94. The molecule has 0 aromatic carbocycles. The van der Waals surface area contributed by atoms with Crippen LogP contribution < -0.4 is 10.6 Å². The van der Waals surface area contributed by atoms with E-state index in [1.165, 1.54) is 19.3 Å². The van der Waals surface area contributed by atoms with Gasteiger partial charge in [-0.2, -0.15) is 0 Å². The molecule has 1 spiro atoms. The second kappa shape index (κ2) is 4.02. The van der Waals surface area contributed by atoms with Crippen molar-refractivity contribution in [1.29, 1.82) is 0 Å². The van der Waals surface area contributed by atoms with Gasteiger partial charge in [0.2, 0.25) is 5.91 Å². The number of fused-ring (bicyclic) bond motifs is 1. The van der Waals surface area contributed by atoms with Crippen molar-refractivity contribution < 1.29 is 4.79 Å². The van der Waals surface area contributed by atoms with Crippen LogP contribution in [-0.4, -0.2) is 16.4 Å². The lowest BCUT2D eigenvalue weighted by Crippen LogP contribution is -2.41. The molecule has 1 aliphatic heterocycles. The van der Waals surface area contributed by atoms with E-state index in [-0.39, 0.29) is 11.4 Å². The Kier molecular flexibility index (Phi) is 2.50. The lowest BCUT2D eigenvalue weighted by molar-refractivity contribution is -0.117. The van der Waals surface area contributed by atoms with Gasteiger partial charge in [0.25, 0.3) is 0 Å². The molecule has 0 radical (unpaired) electrons. The normalized spacial score (nSPS) is 22.2. The maximum atomic E-state index is 11.9. The van der Waals surface area contributed by atoms with Crippen LogP contribution >= 0.6 is 0 Å². The minimum atomic E-state index is -0.0328. The fourth-order valence-corrected chi connectivity index (χ4v) is 2.97. The van der Waals surface area contributed by atoms with Crippen molar-refractivity contribution in [2.75, 3.05) is 10.6 Å². The molecule has 0 bridgehead atoms. The summed E-state index contributed by atoms with van der Waals surface area (Å²) in [5, 5.41) is 6.51. The molecule has 90 valence electrons. The van der Waals surface area contributed by atoms with E-state index in [1.807, 2.05) is 6.07 Å². The summed E-state index contributed by atoms with van der Waals surface area (Å²) in [5.41, 5.74) is 1.78. The topological polar surface area (TPSA) is 54.0 Å². The first kappa shape index (κ1) is 10.6. The molecule has 1 saturated carbocycles. The van der Waals surface area contributed by atoms with Crippen LogP contribution in [0.25, 0.3) is 0 Å². The average Bonchev–Trinajstić information content (AvgIpc) is 2.45. The van der Waals surface area contributed by atoms with Gasteiger partial charge < -0.3 is 10.6 Å². The van der Waals surface area contributed by atoms with Crippen LogP contribution in [0.15, 0.2) is 18.5 Å². The van der Waals surface area contributed by atoms with Gasteiger partial charge >= 0.3 is 0 Å². The summed E-state index contributed by atoms with van der Waals surface area (Å²) in [4.78, 5) is 16.0. The van der Waals surface area contributed by atoms with E-state index in [0.29, 0.717) is 6.42 Å². The number of aromatic nitrogens is 1. The van der Waals surface area contributed by atoms with Crippen LogP contribution in [0.4, 0.5) is 11.4 Å². The Balaban J connectivity index is 1.96. The van der Waals surface area contributed by atoms with Gasteiger partial charge in [-0.3, -0.25) is 9.78 Å². The second-order valence-electron chi connectivity index (χ2n) is 5.11. The molecule has 0 atom stereocenters. The molecule has 4 heteroatoms. The zero-order valence-electron chi connectivity index (χ0n) is 9.83. The van der Waals surface area contributed by atoms with E-state index in [1.54, 1.807) is 12.4 Å². The highest BCUT2D eigenvalue weighted by atomic mass is 16.1. The molecule has 2 heterocycles. The van der Waals surface area contributed by atoms with Crippen molar-refractivity contribution in [3.05, 3.63) is 18.5 Å². The molecule has 1 fully saturated rings. The van der Waals surface area contributed by atoms with E-state index in [4.69, 9.17) is 0 Å². The maximum absolute atomic E-state index is 11.9. The number of carbonyl (C=O) groups excluding carboxylic acids is 1. The molecule has 1 aliphatic carbocycles. The molecular formula is C13H17N3O. The monoisotopic (exact) mass is 231 g/mol. The summed E-state index contributed by atoms with van der Waals surface area (Å²) in [6.45, 7) is 0. The molecule has 2 N–H and O–H groups in total. The van der Waals surface area contributed by atoms with Crippen molar-refractivity contribution in [3.8, 4) is 0 Å². The zero-order valence-corrected chi connectivity index (χ0v) is 9.83. The van der Waals surface area contributed by atoms with Gasteiger partial charge in [-0.1, -0.05) is 19.3 Å². The Hall–Kier alpha value is -1.58. The highest BCUT2D eigenvalue weighted by molar-refractivity contribution is 5.96. The molecule has 1 aromatic rings. The number of anilines is 2. The van der Waals surface area contributed by atoms with Gasteiger partial charge in [0.1, 0.15) is 0 Å². The summed E-state index contributed by atoms with van der Waals surface area (Å²) >= 11 is 0. The van der Waals surface area contributed by atoms with Gasteiger partial charge in [0.05, 0.1) is 17.6 Å². The Morgan fingerprint density at radius 1 is 1.18 bits per heavy atom. The van der Waals surface area contributed by atoms with E-state index in [2.05, 4.69) is 15.6 Å². The van der Waals surface area contributed by atoms with Crippen LogP contribution in [0.5, 0.6) is 0 Å². The van der Waals surface area contributed by atoms with E-state index in [9.17, 15) is 4.79 Å². The molecular weight excluding hydrogens is 214 g/mol. The largest absolute Gasteiger partial charge is 0.377 e. The van der Waals surface area contributed by atoms with Crippen molar-refractivity contribution in [1.82, 2.24) is 4.98 Å². The van der Waals surface area contributed by atoms with E-state index < -0.39 is 0 Å². The smallest absolute Gasteiger partial charge is 0.226 e. The number of amides is 1. The fourth-order valence-electron chi connectivity index (χ4n) is 2.97. The maximum Gasteiger partial charge on any atom is 0.226 e. The first-order valence-corrected chi connectivity index (χ1v) is 6.30. The van der Waals surface area contributed by atoms with Gasteiger partial charge in [0.15, 0.2) is 0 Å². The zero-order chi connectivity index (χ0) is 11.7. The van der Waals surface area contributed by atoms with E-state index >= 15 is 0 Å². The highest BCUT2D eigenvalue weighted by Gasteiger charge is 2.36. The Labute approximate surface area is 101 Å². The number of nitrogens with zero attached hydrogens (tertiary/aromatic N) is 1. The number of hydrogen-bond donors (Lipinski definition) is 2. The summed E-state index contributed by atoms with van der Waals surface area (Å²) in [5.74, 6) is 0.103. The summed E-state index contributed by atoms with van der Waals surface area (Å²) < 4.78 is 0. The van der Waals surface area contributed by atoms with Gasteiger partial charge in [-0.25, -0.2) is 0 Å². The molecule has 2 aliphatic rings. The first-order valence-electron chi connectivity index (χ1n) is 6.30. The third-order valence-corrected chi connectivity index (χ3v) is 3.80. The molecule has 1 aromatic heterocycles. The van der Waals surface area contributed by atoms with Gasteiger partial charge in [0, 0.05) is 18.2 Å². The fraction of sp³-hybridized carbons (Fsp3) is 0.538. The molecule has 4 nitrogen and oxygen atoms in total. The van der Waals surface area contributed by atoms with Crippen molar-refractivity contribution in [3.63, 3.8) is 0 Å². The first-order chi connectivity index (χ1) is 8.27. The number of rotatable bonds is 0. The van der Waals surface area contributed by atoms with Gasteiger partial charge in [-0.15, -0.1) is 0 Å². The summed E-state index contributed by atoms with van der Waals surface area (Å²) in [6.07, 6.45) is 9.92. The molecule has 17 heavy (non-hydrogen) atoms. The van der Waals surface area contributed by atoms with Gasteiger partial charge in [-0.05, 0) is 18.9 Å². The lowest BCUT2D eigenvalue weighted by atomic mass is 9.79. The highest BCUT2D eigenvalue weighted by Crippen LogP contribution is 2.38. The van der Waals surface area contributed by atoms with Crippen LogP contribution in [0.3, 0.4) is 0 Å². The van der Waals surface area contributed by atoms with Crippen molar-refractivity contribution in [2.45, 2.75) is 44.1 Å². The third-order valence-electron chi connectivity index (χ3n) is 3.80. The lowest BCUT2D eigenvalue weighted by Gasteiger charge is -2.37. The number of pyridine rings is 1. The minimum Gasteiger partial charge on any atom is -0.377 e.